The first kappa shape index (κ1) is 14.1. The van der Waals surface area contributed by atoms with Crippen LogP contribution in [-0.4, -0.2) is 42.2 Å². The van der Waals surface area contributed by atoms with Crippen LogP contribution in [0.2, 0.25) is 0 Å². The third kappa shape index (κ3) is 3.08. The lowest BCUT2D eigenvalue weighted by molar-refractivity contribution is 0.238. The van der Waals surface area contributed by atoms with Crippen molar-refractivity contribution < 1.29 is 0 Å². The predicted molar refractivity (Wildman–Crippen MR) is 88.2 cm³/mol. The molecule has 1 N–H and O–H groups in total. The molecule has 0 radical (unpaired) electrons. The van der Waals surface area contributed by atoms with Gasteiger partial charge in [0.15, 0.2) is 0 Å². The maximum Gasteiger partial charge on any atom is 0.0481 e. The lowest BCUT2D eigenvalue weighted by Gasteiger charge is -2.26. The number of benzene rings is 1. The van der Waals surface area contributed by atoms with Crippen LogP contribution in [0.4, 0.5) is 0 Å². The molecule has 0 amide bonds. The van der Waals surface area contributed by atoms with Gasteiger partial charge in [-0.3, -0.25) is 0 Å². The smallest absolute Gasteiger partial charge is 0.0481 e. The van der Waals surface area contributed by atoms with Crippen LogP contribution in [0.25, 0.3) is 10.9 Å². The molecule has 0 spiro atoms. The highest BCUT2D eigenvalue weighted by Crippen LogP contribution is 2.25. The number of nitrogens with one attached hydrogen (secondary N) is 1. The summed E-state index contributed by atoms with van der Waals surface area (Å²) in [6.45, 7) is 5.89. The van der Waals surface area contributed by atoms with Gasteiger partial charge in [-0.05, 0) is 43.1 Å². The maximum atomic E-state index is 3.58. The Morgan fingerprint density at radius 2 is 2.05 bits per heavy atom. The summed E-state index contributed by atoms with van der Waals surface area (Å²) in [6, 6.07) is 6.56. The van der Waals surface area contributed by atoms with Gasteiger partial charge in [0.25, 0.3) is 0 Å². The van der Waals surface area contributed by atoms with Crippen molar-refractivity contribution in [2.75, 3.05) is 32.7 Å². The van der Waals surface area contributed by atoms with Crippen LogP contribution in [0, 0.1) is 0 Å². The number of hydrogen-bond acceptors (Lipinski definition) is 2. The summed E-state index contributed by atoms with van der Waals surface area (Å²) in [6.07, 6.45) is 4.69. The molecule has 0 atom stereocenters. The average Bonchev–Trinajstić information content (AvgIpc) is 2.76. The van der Waals surface area contributed by atoms with Crippen molar-refractivity contribution in [3.8, 4) is 0 Å². The fraction of sp³-hybridized carbons (Fsp3) is 0.500. The quantitative estimate of drug-likeness (QED) is 0.927. The molecule has 0 unspecified atom stereocenters. The van der Waals surface area contributed by atoms with Gasteiger partial charge in [0, 0.05) is 54.8 Å². The molecule has 2 aromatic rings. The van der Waals surface area contributed by atoms with Gasteiger partial charge in [-0.15, -0.1) is 0 Å². The fourth-order valence-electron chi connectivity index (χ4n) is 3.07. The molecule has 3 rings (SSSR count). The molecular weight excluding hydrogens is 314 g/mol. The van der Waals surface area contributed by atoms with Gasteiger partial charge in [-0.1, -0.05) is 15.9 Å². The summed E-state index contributed by atoms with van der Waals surface area (Å²) in [4.78, 5) is 2.57. The zero-order valence-electron chi connectivity index (χ0n) is 12.0. The SMILES string of the molecule is Cn1cc(CCCN2CCNCC2)c2cc(Br)ccc21. The van der Waals surface area contributed by atoms with Crippen LogP contribution in [0.3, 0.4) is 0 Å². The van der Waals surface area contributed by atoms with Crippen LogP contribution < -0.4 is 5.32 Å². The molecule has 1 aliphatic rings. The maximum absolute atomic E-state index is 3.58. The monoisotopic (exact) mass is 335 g/mol. The van der Waals surface area contributed by atoms with Gasteiger partial charge >= 0.3 is 0 Å². The van der Waals surface area contributed by atoms with E-state index in [-0.39, 0.29) is 0 Å². The summed E-state index contributed by atoms with van der Waals surface area (Å²) >= 11 is 3.58. The lowest BCUT2D eigenvalue weighted by atomic mass is 10.1. The molecule has 108 valence electrons. The highest BCUT2D eigenvalue weighted by molar-refractivity contribution is 9.10. The number of aryl methyl sites for hydroxylation is 2. The second-order valence-electron chi connectivity index (χ2n) is 5.62. The van der Waals surface area contributed by atoms with E-state index in [4.69, 9.17) is 0 Å². The van der Waals surface area contributed by atoms with Gasteiger partial charge in [0.1, 0.15) is 0 Å². The van der Waals surface area contributed by atoms with Crippen LogP contribution in [0.5, 0.6) is 0 Å². The Morgan fingerprint density at radius 3 is 2.85 bits per heavy atom. The molecule has 1 fully saturated rings. The molecule has 0 aliphatic carbocycles. The Bertz CT molecular complexity index is 585. The van der Waals surface area contributed by atoms with E-state index in [1.54, 1.807) is 0 Å². The molecule has 1 aromatic carbocycles. The van der Waals surface area contributed by atoms with Crippen LogP contribution in [0.1, 0.15) is 12.0 Å². The minimum absolute atomic E-state index is 1.14. The number of halogens is 1. The number of rotatable bonds is 4. The van der Waals surface area contributed by atoms with E-state index in [2.05, 4.69) is 62.2 Å². The first-order valence-electron chi connectivity index (χ1n) is 7.40. The molecule has 3 nitrogen and oxygen atoms in total. The Hall–Kier alpha value is -0.840. The minimum atomic E-state index is 1.14. The zero-order chi connectivity index (χ0) is 13.9. The molecular formula is C16H22BrN3. The summed E-state index contributed by atoms with van der Waals surface area (Å²) in [5.41, 5.74) is 2.80. The molecule has 0 bridgehead atoms. The van der Waals surface area contributed by atoms with Crippen LogP contribution in [-0.2, 0) is 13.5 Å². The van der Waals surface area contributed by atoms with Gasteiger partial charge in [-0.2, -0.15) is 0 Å². The molecule has 4 heteroatoms. The standard InChI is InChI=1S/C16H22BrN3/c1-19-12-13(15-11-14(17)4-5-16(15)19)3-2-8-20-9-6-18-7-10-20/h4-5,11-12,18H,2-3,6-10H2,1H3. The van der Waals surface area contributed by atoms with E-state index < -0.39 is 0 Å². The summed E-state index contributed by atoms with van der Waals surface area (Å²) in [5, 5.41) is 4.80. The highest BCUT2D eigenvalue weighted by atomic mass is 79.9. The molecule has 1 saturated heterocycles. The van der Waals surface area contributed by atoms with Crippen molar-refractivity contribution in [1.29, 1.82) is 0 Å². The molecule has 2 heterocycles. The molecule has 20 heavy (non-hydrogen) atoms. The molecule has 0 saturated carbocycles. The van der Waals surface area contributed by atoms with Crippen LogP contribution in [0.15, 0.2) is 28.9 Å². The highest BCUT2D eigenvalue weighted by Gasteiger charge is 2.10. The van der Waals surface area contributed by atoms with E-state index in [1.165, 1.54) is 47.0 Å². The van der Waals surface area contributed by atoms with E-state index in [9.17, 15) is 0 Å². The largest absolute Gasteiger partial charge is 0.350 e. The normalized spacial score (nSPS) is 16.9. The van der Waals surface area contributed by atoms with E-state index >= 15 is 0 Å². The Kier molecular flexibility index (Phi) is 4.44. The first-order valence-corrected chi connectivity index (χ1v) is 8.20. The topological polar surface area (TPSA) is 20.2 Å². The second-order valence-corrected chi connectivity index (χ2v) is 6.54. The summed E-state index contributed by atoms with van der Waals surface area (Å²) in [7, 11) is 2.13. The average molecular weight is 336 g/mol. The lowest BCUT2D eigenvalue weighted by Crippen LogP contribution is -2.43. The Labute approximate surface area is 129 Å². The number of hydrogen-bond donors (Lipinski definition) is 1. The van der Waals surface area contributed by atoms with E-state index in [0.29, 0.717) is 0 Å². The van der Waals surface area contributed by atoms with Crippen LogP contribution >= 0.6 is 15.9 Å². The third-order valence-electron chi connectivity index (χ3n) is 4.16. The number of fused-ring (bicyclic) bond motifs is 1. The van der Waals surface area contributed by atoms with Crippen molar-refractivity contribution in [3.05, 3.63) is 34.4 Å². The Balaban J connectivity index is 1.66. The van der Waals surface area contributed by atoms with Gasteiger partial charge in [0.05, 0.1) is 0 Å². The van der Waals surface area contributed by atoms with Crippen molar-refractivity contribution in [2.45, 2.75) is 12.8 Å². The van der Waals surface area contributed by atoms with E-state index in [0.717, 1.165) is 19.5 Å². The van der Waals surface area contributed by atoms with E-state index in [1.807, 2.05) is 0 Å². The number of aromatic nitrogens is 1. The minimum Gasteiger partial charge on any atom is -0.350 e. The zero-order valence-corrected chi connectivity index (χ0v) is 13.6. The second kappa shape index (κ2) is 6.29. The van der Waals surface area contributed by atoms with Gasteiger partial charge in [-0.25, -0.2) is 0 Å². The summed E-state index contributed by atoms with van der Waals surface area (Å²) < 4.78 is 3.40. The van der Waals surface area contributed by atoms with Crippen molar-refractivity contribution in [2.24, 2.45) is 7.05 Å². The van der Waals surface area contributed by atoms with Crippen molar-refractivity contribution in [3.63, 3.8) is 0 Å². The Morgan fingerprint density at radius 1 is 1.25 bits per heavy atom. The van der Waals surface area contributed by atoms with Crippen molar-refractivity contribution in [1.82, 2.24) is 14.8 Å². The molecule has 1 aliphatic heterocycles. The number of nitrogens with zero attached hydrogens (tertiary/aromatic N) is 2. The third-order valence-corrected chi connectivity index (χ3v) is 4.66. The van der Waals surface area contributed by atoms with Crippen molar-refractivity contribution >= 4 is 26.8 Å². The van der Waals surface area contributed by atoms with Gasteiger partial charge in [0.2, 0.25) is 0 Å². The number of piperazine rings is 1. The van der Waals surface area contributed by atoms with Gasteiger partial charge < -0.3 is 14.8 Å². The predicted octanol–water partition coefficient (Wildman–Crippen LogP) is 2.78. The fourth-order valence-corrected chi connectivity index (χ4v) is 3.43. The summed E-state index contributed by atoms with van der Waals surface area (Å²) in [5.74, 6) is 0. The molecule has 1 aromatic heterocycles. The first-order chi connectivity index (χ1) is 9.74.